The van der Waals surface area contributed by atoms with Gasteiger partial charge in [-0.2, -0.15) is 0 Å². The van der Waals surface area contributed by atoms with E-state index in [0.29, 0.717) is 13.2 Å². The van der Waals surface area contributed by atoms with Crippen LogP contribution in [-0.2, 0) is 4.74 Å². The van der Waals surface area contributed by atoms with Crippen LogP contribution in [0.3, 0.4) is 0 Å². The first-order valence-corrected chi connectivity index (χ1v) is 5.91. The number of nitrogens with one attached hydrogen (secondary N) is 1. The Morgan fingerprint density at radius 2 is 2.39 bits per heavy atom. The number of ether oxygens (including phenoxy) is 1. The van der Waals surface area contributed by atoms with Gasteiger partial charge in [0.05, 0.1) is 11.2 Å². The van der Waals surface area contributed by atoms with E-state index in [1.54, 1.807) is 0 Å². The third-order valence-corrected chi connectivity index (χ3v) is 3.13. The zero-order chi connectivity index (χ0) is 13.2. The smallest absolute Gasteiger partial charge is 0.255 e. The van der Waals surface area contributed by atoms with Crippen molar-refractivity contribution in [2.45, 2.75) is 25.4 Å². The fourth-order valence-corrected chi connectivity index (χ4v) is 2.04. The molecule has 2 rings (SSSR count). The topological polar surface area (TPSA) is 58.6 Å². The maximum atomic E-state index is 12.8. The summed E-state index contributed by atoms with van der Waals surface area (Å²) in [6.07, 6.45) is 1.87. The van der Waals surface area contributed by atoms with Crippen molar-refractivity contribution in [3.63, 3.8) is 0 Å². The largest absolute Gasteiger partial charge is 0.507 e. The number of aromatic hydroxyl groups is 1. The number of hydrogen-bond donors (Lipinski definition) is 2. The van der Waals surface area contributed by atoms with Gasteiger partial charge < -0.3 is 15.2 Å². The van der Waals surface area contributed by atoms with Crippen molar-refractivity contribution in [3.05, 3.63) is 29.6 Å². The molecule has 1 atom stereocenters. The Kier molecular flexibility index (Phi) is 3.52. The summed E-state index contributed by atoms with van der Waals surface area (Å²) in [4.78, 5) is 11.8. The predicted octanol–water partition coefficient (Wildman–Crippen LogP) is 1.83. The zero-order valence-electron chi connectivity index (χ0n) is 10.2. The van der Waals surface area contributed by atoms with E-state index in [4.69, 9.17) is 4.74 Å². The maximum absolute atomic E-state index is 12.8. The molecule has 0 aromatic heterocycles. The normalized spacial score (nSPS) is 23.0. The van der Waals surface area contributed by atoms with Crippen LogP contribution < -0.4 is 5.32 Å². The van der Waals surface area contributed by atoms with Crippen molar-refractivity contribution in [1.82, 2.24) is 5.32 Å². The standard InChI is InChI=1S/C13H16FNO3/c1-13(5-2-6-18-13)8-15-12(17)10-4-3-9(14)7-11(10)16/h3-4,7,16H,2,5-6,8H2,1H3,(H,15,17). The van der Waals surface area contributed by atoms with E-state index in [-0.39, 0.29) is 16.9 Å². The van der Waals surface area contributed by atoms with Gasteiger partial charge in [-0.1, -0.05) is 0 Å². The molecule has 1 saturated heterocycles. The van der Waals surface area contributed by atoms with Crippen LogP contribution in [0.15, 0.2) is 18.2 Å². The molecule has 1 amide bonds. The Labute approximate surface area is 105 Å². The summed E-state index contributed by atoms with van der Waals surface area (Å²) < 4.78 is 18.3. The molecule has 1 aromatic rings. The van der Waals surface area contributed by atoms with Crippen molar-refractivity contribution in [2.75, 3.05) is 13.2 Å². The number of hydrogen-bond acceptors (Lipinski definition) is 3. The molecule has 0 aliphatic carbocycles. The lowest BCUT2D eigenvalue weighted by atomic mass is 10.0. The minimum Gasteiger partial charge on any atom is -0.507 e. The first-order valence-electron chi connectivity index (χ1n) is 5.91. The fraction of sp³-hybridized carbons (Fsp3) is 0.462. The first-order chi connectivity index (χ1) is 8.50. The third-order valence-electron chi connectivity index (χ3n) is 3.13. The van der Waals surface area contributed by atoms with Crippen LogP contribution in [0.4, 0.5) is 4.39 Å². The second kappa shape index (κ2) is 4.94. The predicted molar refractivity (Wildman–Crippen MR) is 64.0 cm³/mol. The van der Waals surface area contributed by atoms with E-state index >= 15 is 0 Å². The van der Waals surface area contributed by atoms with Crippen LogP contribution in [0.2, 0.25) is 0 Å². The summed E-state index contributed by atoms with van der Waals surface area (Å²) >= 11 is 0. The van der Waals surface area contributed by atoms with Crippen molar-refractivity contribution in [1.29, 1.82) is 0 Å². The molecular weight excluding hydrogens is 237 g/mol. The van der Waals surface area contributed by atoms with Crippen molar-refractivity contribution < 1.29 is 19.0 Å². The molecule has 18 heavy (non-hydrogen) atoms. The van der Waals surface area contributed by atoms with Gasteiger partial charge in [0.2, 0.25) is 0 Å². The Hall–Kier alpha value is -1.62. The minimum absolute atomic E-state index is 0.0676. The Balaban J connectivity index is 1.99. The average Bonchev–Trinajstić information content (AvgIpc) is 2.74. The highest BCUT2D eigenvalue weighted by Gasteiger charge is 2.30. The van der Waals surface area contributed by atoms with Crippen LogP contribution in [-0.4, -0.2) is 29.8 Å². The molecule has 98 valence electrons. The van der Waals surface area contributed by atoms with Crippen LogP contribution in [0.5, 0.6) is 5.75 Å². The summed E-state index contributed by atoms with van der Waals surface area (Å²) in [5.74, 6) is -1.36. The quantitative estimate of drug-likeness (QED) is 0.864. The number of halogens is 1. The Bertz CT molecular complexity index is 456. The lowest BCUT2D eigenvalue weighted by Crippen LogP contribution is -2.40. The third kappa shape index (κ3) is 2.79. The number of carbonyl (C=O) groups excluding carboxylic acids is 1. The van der Waals surface area contributed by atoms with Gasteiger partial charge in [-0.05, 0) is 31.9 Å². The number of phenols is 1. The molecule has 5 heteroatoms. The second-order valence-electron chi connectivity index (χ2n) is 4.75. The van der Waals surface area contributed by atoms with E-state index in [9.17, 15) is 14.3 Å². The monoisotopic (exact) mass is 253 g/mol. The highest BCUT2D eigenvalue weighted by Crippen LogP contribution is 2.24. The minimum atomic E-state index is -0.574. The number of benzene rings is 1. The van der Waals surface area contributed by atoms with Gasteiger partial charge in [0.25, 0.3) is 5.91 Å². The van der Waals surface area contributed by atoms with Crippen LogP contribution in [0, 0.1) is 5.82 Å². The van der Waals surface area contributed by atoms with Crippen LogP contribution in [0.25, 0.3) is 0 Å². The molecule has 0 bridgehead atoms. The van der Waals surface area contributed by atoms with Gasteiger partial charge >= 0.3 is 0 Å². The van der Waals surface area contributed by atoms with Crippen LogP contribution >= 0.6 is 0 Å². The number of rotatable bonds is 3. The Morgan fingerprint density at radius 3 is 3.00 bits per heavy atom. The molecule has 1 heterocycles. The molecule has 1 unspecified atom stereocenters. The van der Waals surface area contributed by atoms with Gasteiger partial charge in [0.1, 0.15) is 11.6 Å². The van der Waals surface area contributed by atoms with E-state index in [1.807, 2.05) is 6.92 Å². The van der Waals surface area contributed by atoms with Gasteiger partial charge in [0.15, 0.2) is 0 Å². The van der Waals surface area contributed by atoms with Gasteiger partial charge in [-0.25, -0.2) is 4.39 Å². The Morgan fingerprint density at radius 1 is 1.61 bits per heavy atom. The van der Waals surface area contributed by atoms with E-state index < -0.39 is 11.7 Å². The van der Waals surface area contributed by atoms with Crippen LogP contribution in [0.1, 0.15) is 30.1 Å². The summed E-state index contributed by atoms with van der Waals surface area (Å²) in [6.45, 7) is 3.02. The van der Waals surface area contributed by atoms with Gasteiger partial charge in [-0.15, -0.1) is 0 Å². The molecule has 0 spiro atoms. The molecule has 0 radical (unpaired) electrons. The first kappa shape index (κ1) is 12.8. The second-order valence-corrected chi connectivity index (χ2v) is 4.75. The molecular formula is C13H16FNO3. The summed E-state index contributed by atoms with van der Waals surface area (Å²) in [5.41, 5.74) is -0.274. The molecule has 1 aliphatic heterocycles. The van der Waals surface area contributed by atoms with E-state index in [0.717, 1.165) is 25.0 Å². The zero-order valence-corrected chi connectivity index (χ0v) is 10.2. The highest BCUT2D eigenvalue weighted by atomic mass is 19.1. The number of amides is 1. The molecule has 1 aromatic carbocycles. The molecule has 2 N–H and O–H groups in total. The van der Waals surface area contributed by atoms with Crippen molar-refractivity contribution in [3.8, 4) is 5.75 Å². The summed E-state index contributed by atoms with van der Waals surface area (Å²) in [6, 6.07) is 3.32. The molecule has 4 nitrogen and oxygen atoms in total. The molecule has 1 fully saturated rings. The molecule has 0 saturated carbocycles. The van der Waals surface area contributed by atoms with Crippen molar-refractivity contribution in [2.24, 2.45) is 0 Å². The van der Waals surface area contributed by atoms with Gasteiger partial charge in [0, 0.05) is 19.2 Å². The SMILES string of the molecule is CC1(CNC(=O)c2ccc(F)cc2O)CCCO1. The number of carbonyl (C=O) groups is 1. The van der Waals surface area contributed by atoms with E-state index in [1.165, 1.54) is 6.07 Å². The summed E-state index contributed by atoms with van der Waals surface area (Å²) in [7, 11) is 0. The van der Waals surface area contributed by atoms with Gasteiger partial charge in [-0.3, -0.25) is 4.79 Å². The lowest BCUT2D eigenvalue weighted by Gasteiger charge is -2.23. The summed E-state index contributed by atoms with van der Waals surface area (Å²) in [5, 5.41) is 12.2. The average molecular weight is 253 g/mol. The lowest BCUT2D eigenvalue weighted by molar-refractivity contribution is 0.0205. The fourth-order valence-electron chi connectivity index (χ4n) is 2.04. The highest BCUT2D eigenvalue weighted by molar-refractivity contribution is 5.96. The maximum Gasteiger partial charge on any atom is 0.255 e. The van der Waals surface area contributed by atoms with Crippen molar-refractivity contribution >= 4 is 5.91 Å². The van der Waals surface area contributed by atoms with E-state index in [2.05, 4.69) is 5.32 Å². The molecule has 1 aliphatic rings. The number of phenolic OH excluding ortho intramolecular Hbond substituents is 1.